The smallest absolute Gasteiger partial charge is 0.191 e. The van der Waals surface area contributed by atoms with Gasteiger partial charge in [0.25, 0.3) is 0 Å². The van der Waals surface area contributed by atoms with Crippen molar-refractivity contribution in [2.24, 2.45) is 0 Å². The maximum atomic E-state index is 12.4. The number of nitrogens with zero attached hydrogens (tertiary/aromatic N) is 3. The van der Waals surface area contributed by atoms with E-state index in [2.05, 4.69) is 21.8 Å². The van der Waals surface area contributed by atoms with Gasteiger partial charge in [0.05, 0.1) is 11.4 Å². The number of H-pyrrole nitrogens is 1. The molecule has 0 saturated heterocycles. The summed E-state index contributed by atoms with van der Waals surface area (Å²) in [5.41, 5.74) is 2.53. The van der Waals surface area contributed by atoms with Crippen LogP contribution in [0.15, 0.2) is 24.1 Å². The van der Waals surface area contributed by atoms with E-state index in [1.807, 2.05) is 4.57 Å². The molecule has 116 valence electrons. The van der Waals surface area contributed by atoms with Crippen molar-refractivity contribution in [2.45, 2.75) is 32.5 Å². The van der Waals surface area contributed by atoms with Crippen LogP contribution in [0, 0.1) is 13.8 Å². The molecular weight excluding hydrogens is 300 g/mol. The highest BCUT2D eigenvalue weighted by Gasteiger charge is 2.20. The predicted octanol–water partition coefficient (Wildman–Crippen LogP) is 2.59. The number of Topliss-reactive ketones (excluding diaryl/α,β-unsaturated/α-hetero) is 2. The second-order valence-corrected chi connectivity index (χ2v) is 5.89. The van der Waals surface area contributed by atoms with E-state index >= 15 is 0 Å². The number of aromatic amines is 1. The quantitative estimate of drug-likeness (QED) is 0.482. The zero-order chi connectivity index (χ0) is 16.3. The van der Waals surface area contributed by atoms with Crippen molar-refractivity contribution in [3.05, 3.63) is 41.5 Å². The average molecular weight is 318 g/mol. The minimum Gasteiger partial charge on any atom is -0.355 e. The van der Waals surface area contributed by atoms with Gasteiger partial charge < -0.3 is 9.55 Å². The van der Waals surface area contributed by atoms with Gasteiger partial charge in [0.2, 0.25) is 0 Å². The summed E-state index contributed by atoms with van der Waals surface area (Å²) in [6.45, 7) is 9.36. The monoisotopic (exact) mass is 318 g/mol. The number of nitrogens with one attached hydrogen (secondary N) is 1. The molecule has 0 aromatic carbocycles. The second-order valence-electron chi connectivity index (χ2n) is 4.95. The van der Waals surface area contributed by atoms with Crippen LogP contribution in [0.5, 0.6) is 0 Å². The summed E-state index contributed by atoms with van der Waals surface area (Å²) < 4.78 is 1.82. The third kappa shape index (κ3) is 3.19. The van der Waals surface area contributed by atoms with Crippen LogP contribution in [0.3, 0.4) is 0 Å². The van der Waals surface area contributed by atoms with Gasteiger partial charge in [0.15, 0.2) is 16.7 Å². The van der Waals surface area contributed by atoms with Gasteiger partial charge in [-0.15, -0.1) is 16.8 Å². The number of aromatic nitrogens is 4. The fraction of sp³-hybridized carbons (Fsp3) is 0.333. The van der Waals surface area contributed by atoms with Gasteiger partial charge in [-0.05, 0) is 26.3 Å². The summed E-state index contributed by atoms with van der Waals surface area (Å²) in [5, 5.41) is 8.48. The molecule has 7 heteroatoms. The number of thioether (sulfide) groups is 1. The molecule has 0 fully saturated rings. The lowest BCUT2D eigenvalue weighted by molar-refractivity contribution is 0.101. The number of aryl methyl sites for hydroxylation is 1. The van der Waals surface area contributed by atoms with Gasteiger partial charge in [-0.25, -0.2) is 0 Å². The van der Waals surface area contributed by atoms with Crippen LogP contribution in [-0.4, -0.2) is 37.1 Å². The van der Waals surface area contributed by atoms with Crippen LogP contribution in [0.1, 0.15) is 39.0 Å². The summed E-state index contributed by atoms with van der Waals surface area (Å²) in [5.74, 6) is 0.128. The number of ketones is 2. The van der Waals surface area contributed by atoms with E-state index in [1.54, 1.807) is 26.3 Å². The maximum absolute atomic E-state index is 12.4. The van der Waals surface area contributed by atoms with Crippen LogP contribution < -0.4 is 0 Å². The molecular formula is C15H18N4O2S. The van der Waals surface area contributed by atoms with E-state index in [-0.39, 0.29) is 17.3 Å². The van der Waals surface area contributed by atoms with Crippen molar-refractivity contribution in [3.8, 4) is 0 Å². The normalized spacial score (nSPS) is 10.7. The molecule has 2 heterocycles. The maximum Gasteiger partial charge on any atom is 0.191 e. The number of carbonyl (C=O) groups is 2. The zero-order valence-corrected chi connectivity index (χ0v) is 13.7. The fourth-order valence-corrected chi connectivity index (χ4v) is 3.18. The lowest BCUT2D eigenvalue weighted by Gasteiger charge is -2.03. The van der Waals surface area contributed by atoms with Crippen LogP contribution in [0.25, 0.3) is 0 Å². The summed E-state index contributed by atoms with van der Waals surface area (Å²) in [6.07, 6.45) is 3.35. The Balaban J connectivity index is 2.13. The van der Waals surface area contributed by atoms with E-state index in [0.29, 0.717) is 28.5 Å². The molecule has 0 aliphatic carbocycles. The Morgan fingerprint density at radius 3 is 2.77 bits per heavy atom. The first-order valence-electron chi connectivity index (χ1n) is 6.80. The minimum atomic E-state index is -0.0637. The third-order valence-corrected chi connectivity index (χ3v) is 4.29. The molecule has 0 amide bonds. The molecule has 0 bridgehead atoms. The molecule has 2 rings (SSSR count). The molecule has 0 saturated carbocycles. The van der Waals surface area contributed by atoms with Gasteiger partial charge in [-0.2, -0.15) is 0 Å². The molecule has 0 atom stereocenters. The fourth-order valence-electron chi connectivity index (χ4n) is 2.38. The van der Waals surface area contributed by atoms with Crippen molar-refractivity contribution in [1.82, 2.24) is 19.7 Å². The number of allylic oxidation sites excluding steroid dienone is 1. The van der Waals surface area contributed by atoms with Crippen LogP contribution >= 0.6 is 11.8 Å². The standard InChI is InChI=1S/C15H18N4O2S/c1-5-6-19-8-16-18-15(19)22-7-12(21)14-9(2)13(11(4)20)10(3)17-14/h5,8,17H,1,6-7H2,2-4H3. The molecule has 0 spiro atoms. The molecule has 2 aromatic heterocycles. The Kier molecular flexibility index (Phi) is 4.97. The van der Waals surface area contributed by atoms with Gasteiger partial charge >= 0.3 is 0 Å². The Bertz CT molecular complexity index is 730. The molecule has 1 N–H and O–H groups in total. The second kappa shape index (κ2) is 6.74. The zero-order valence-electron chi connectivity index (χ0n) is 12.8. The molecule has 6 nitrogen and oxygen atoms in total. The summed E-state index contributed by atoms with van der Waals surface area (Å²) in [7, 11) is 0. The number of rotatable bonds is 7. The van der Waals surface area contributed by atoms with Gasteiger partial charge in [0.1, 0.15) is 6.33 Å². The van der Waals surface area contributed by atoms with Crippen LogP contribution in [0.4, 0.5) is 0 Å². The van der Waals surface area contributed by atoms with E-state index in [1.165, 1.54) is 18.7 Å². The number of carbonyl (C=O) groups excluding carboxylic acids is 2. The first-order chi connectivity index (χ1) is 10.5. The molecule has 0 radical (unpaired) electrons. The summed E-state index contributed by atoms with van der Waals surface area (Å²) in [6, 6.07) is 0. The van der Waals surface area contributed by atoms with E-state index in [0.717, 1.165) is 5.69 Å². The Morgan fingerprint density at radius 2 is 2.18 bits per heavy atom. The first-order valence-corrected chi connectivity index (χ1v) is 7.79. The predicted molar refractivity (Wildman–Crippen MR) is 85.5 cm³/mol. The Labute approximate surface area is 133 Å². The molecule has 0 aliphatic rings. The van der Waals surface area contributed by atoms with Crippen molar-refractivity contribution >= 4 is 23.3 Å². The van der Waals surface area contributed by atoms with Crippen molar-refractivity contribution in [1.29, 1.82) is 0 Å². The highest BCUT2D eigenvalue weighted by Crippen LogP contribution is 2.22. The van der Waals surface area contributed by atoms with E-state index < -0.39 is 0 Å². The highest BCUT2D eigenvalue weighted by molar-refractivity contribution is 7.99. The average Bonchev–Trinajstić information content (AvgIpc) is 3.01. The highest BCUT2D eigenvalue weighted by atomic mass is 32.2. The molecule has 0 aliphatic heterocycles. The first kappa shape index (κ1) is 16.2. The van der Waals surface area contributed by atoms with E-state index in [4.69, 9.17) is 0 Å². The SMILES string of the molecule is C=CCn1cnnc1SCC(=O)c1[nH]c(C)c(C(C)=O)c1C. The van der Waals surface area contributed by atoms with E-state index in [9.17, 15) is 9.59 Å². The van der Waals surface area contributed by atoms with Crippen molar-refractivity contribution in [3.63, 3.8) is 0 Å². The van der Waals surface area contributed by atoms with Gasteiger partial charge in [0, 0.05) is 17.8 Å². The van der Waals surface area contributed by atoms with Crippen LogP contribution in [-0.2, 0) is 6.54 Å². The lowest BCUT2D eigenvalue weighted by Crippen LogP contribution is -2.07. The molecule has 2 aromatic rings. The van der Waals surface area contributed by atoms with Crippen molar-refractivity contribution < 1.29 is 9.59 Å². The van der Waals surface area contributed by atoms with Crippen LogP contribution in [0.2, 0.25) is 0 Å². The summed E-state index contributed by atoms with van der Waals surface area (Å²) >= 11 is 1.32. The minimum absolute atomic E-state index is 0.0383. The molecule has 0 unspecified atom stereocenters. The topological polar surface area (TPSA) is 80.6 Å². The number of hydrogen-bond donors (Lipinski definition) is 1. The summed E-state index contributed by atoms with van der Waals surface area (Å²) in [4.78, 5) is 27.0. The molecule has 22 heavy (non-hydrogen) atoms. The van der Waals surface area contributed by atoms with Gasteiger partial charge in [-0.3, -0.25) is 9.59 Å². The Hall–Kier alpha value is -2.15. The Morgan fingerprint density at radius 1 is 1.45 bits per heavy atom. The largest absolute Gasteiger partial charge is 0.355 e. The van der Waals surface area contributed by atoms with Crippen molar-refractivity contribution in [2.75, 3.05) is 5.75 Å². The van der Waals surface area contributed by atoms with Gasteiger partial charge in [-0.1, -0.05) is 17.8 Å². The third-order valence-electron chi connectivity index (χ3n) is 3.31. The number of hydrogen-bond acceptors (Lipinski definition) is 5. The lowest BCUT2D eigenvalue weighted by atomic mass is 10.1.